The van der Waals surface area contributed by atoms with Crippen molar-refractivity contribution in [2.45, 2.75) is 26.3 Å². The third-order valence-corrected chi connectivity index (χ3v) is 2.89. The summed E-state index contributed by atoms with van der Waals surface area (Å²) in [5.41, 5.74) is 1.46. The average molecular weight is 169 g/mol. The lowest BCUT2D eigenvalue weighted by Gasteiger charge is -2.12. The summed E-state index contributed by atoms with van der Waals surface area (Å²) in [5.74, 6) is 0. The van der Waals surface area contributed by atoms with E-state index in [0.717, 1.165) is 6.42 Å². The van der Waals surface area contributed by atoms with Gasteiger partial charge in [0.2, 0.25) is 0 Å². The highest BCUT2D eigenvalue weighted by Gasteiger charge is 2.08. The van der Waals surface area contributed by atoms with E-state index in [-0.39, 0.29) is 0 Å². The van der Waals surface area contributed by atoms with Crippen molar-refractivity contribution in [3.8, 4) is 0 Å². The molecule has 11 heavy (non-hydrogen) atoms. The van der Waals surface area contributed by atoms with Gasteiger partial charge >= 0.3 is 0 Å². The van der Waals surface area contributed by atoms with E-state index in [1.54, 1.807) is 0 Å². The number of nitrogens with one attached hydrogen (secondary N) is 1. The van der Waals surface area contributed by atoms with Crippen LogP contribution in [0.25, 0.3) is 0 Å². The predicted octanol–water partition coefficient (Wildman–Crippen LogP) is 2.73. The Hall–Kier alpha value is -0.340. The second-order valence-electron chi connectivity index (χ2n) is 2.68. The second-order valence-corrected chi connectivity index (χ2v) is 3.80. The Morgan fingerprint density at radius 2 is 2.36 bits per heavy atom. The minimum absolute atomic E-state index is 0.543. The van der Waals surface area contributed by atoms with Gasteiger partial charge in [-0.2, -0.15) is 0 Å². The van der Waals surface area contributed by atoms with Crippen LogP contribution in [0.1, 0.15) is 29.8 Å². The molecular weight excluding hydrogens is 154 g/mol. The van der Waals surface area contributed by atoms with Gasteiger partial charge in [0.1, 0.15) is 0 Å². The van der Waals surface area contributed by atoms with E-state index in [9.17, 15) is 0 Å². The summed E-state index contributed by atoms with van der Waals surface area (Å²) >= 11 is 1.82. The molecule has 1 aromatic rings. The van der Waals surface area contributed by atoms with Gasteiger partial charge in [0, 0.05) is 10.9 Å². The van der Waals surface area contributed by atoms with Gasteiger partial charge in [0.05, 0.1) is 0 Å². The maximum Gasteiger partial charge on any atom is 0.0325 e. The lowest BCUT2D eigenvalue weighted by Crippen LogP contribution is -2.15. The van der Waals surface area contributed by atoms with E-state index in [2.05, 4.69) is 30.6 Å². The van der Waals surface area contributed by atoms with Crippen molar-refractivity contribution in [2.24, 2.45) is 0 Å². The summed E-state index contributed by atoms with van der Waals surface area (Å²) in [6.45, 7) is 4.39. The number of hydrogen-bond acceptors (Lipinski definition) is 2. The molecule has 0 radical (unpaired) electrons. The van der Waals surface area contributed by atoms with Gasteiger partial charge in [0.15, 0.2) is 0 Å². The molecule has 62 valence electrons. The molecule has 0 bridgehead atoms. The normalized spacial score (nSPS) is 13.4. The smallest absolute Gasteiger partial charge is 0.0325 e. The fourth-order valence-electron chi connectivity index (χ4n) is 1.34. The zero-order valence-electron chi connectivity index (χ0n) is 7.35. The van der Waals surface area contributed by atoms with Gasteiger partial charge in [-0.05, 0) is 37.4 Å². The Bertz CT molecular complexity index is 213. The van der Waals surface area contributed by atoms with E-state index in [4.69, 9.17) is 0 Å². The number of aryl methyl sites for hydroxylation is 1. The topological polar surface area (TPSA) is 12.0 Å². The first-order valence-corrected chi connectivity index (χ1v) is 4.88. The molecule has 0 spiro atoms. The van der Waals surface area contributed by atoms with Crippen molar-refractivity contribution in [1.82, 2.24) is 5.32 Å². The van der Waals surface area contributed by atoms with Gasteiger partial charge in [0.25, 0.3) is 0 Å². The summed E-state index contributed by atoms with van der Waals surface area (Å²) in [7, 11) is 2.02. The fraction of sp³-hybridized carbons (Fsp3) is 0.556. The largest absolute Gasteiger partial charge is 0.313 e. The van der Waals surface area contributed by atoms with Gasteiger partial charge < -0.3 is 5.32 Å². The van der Waals surface area contributed by atoms with Gasteiger partial charge in [-0.15, -0.1) is 11.3 Å². The molecule has 0 amide bonds. The molecule has 1 N–H and O–H groups in total. The van der Waals surface area contributed by atoms with E-state index >= 15 is 0 Å². The first-order chi connectivity index (χ1) is 5.29. The Morgan fingerprint density at radius 1 is 1.64 bits per heavy atom. The third-order valence-electron chi connectivity index (χ3n) is 2.03. The quantitative estimate of drug-likeness (QED) is 0.733. The van der Waals surface area contributed by atoms with E-state index in [0.29, 0.717) is 6.04 Å². The minimum Gasteiger partial charge on any atom is -0.313 e. The molecule has 1 heterocycles. The van der Waals surface area contributed by atoms with Crippen LogP contribution < -0.4 is 5.32 Å². The third kappa shape index (κ3) is 1.82. The second kappa shape index (κ2) is 3.88. The zero-order valence-corrected chi connectivity index (χ0v) is 8.16. The number of hydrogen-bond donors (Lipinski definition) is 1. The van der Waals surface area contributed by atoms with Crippen LogP contribution in [0.5, 0.6) is 0 Å². The van der Waals surface area contributed by atoms with Crippen LogP contribution >= 0.6 is 11.3 Å². The molecule has 1 rings (SSSR count). The Balaban J connectivity index is 2.81. The van der Waals surface area contributed by atoms with Gasteiger partial charge in [-0.1, -0.05) is 6.92 Å². The van der Waals surface area contributed by atoms with Crippen LogP contribution in [-0.2, 0) is 0 Å². The van der Waals surface area contributed by atoms with Crippen LogP contribution in [0.3, 0.4) is 0 Å². The van der Waals surface area contributed by atoms with Crippen molar-refractivity contribution in [1.29, 1.82) is 0 Å². The minimum atomic E-state index is 0.543. The molecule has 1 unspecified atom stereocenters. The van der Waals surface area contributed by atoms with Crippen molar-refractivity contribution in [3.05, 3.63) is 21.9 Å². The summed E-state index contributed by atoms with van der Waals surface area (Å²) in [5, 5.41) is 5.46. The molecule has 1 aromatic heterocycles. The highest BCUT2D eigenvalue weighted by atomic mass is 32.1. The first kappa shape index (κ1) is 8.75. The molecule has 2 heteroatoms. The number of thiophene rings is 1. The van der Waals surface area contributed by atoms with Crippen molar-refractivity contribution in [3.63, 3.8) is 0 Å². The van der Waals surface area contributed by atoms with Crippen LogP contribution in [0, 0.1) is 6.92 Å². The van der Waals surface area contributed by atoms with Crippen LogP contribution in [0.2, 0.25) is 0 Å². The molecule has 0 saturated heterocycles. The van der Waals surface area contributed by atoms with Gasteiger partial charge in [-0.25, -0.2) is 0 Å². The highest BCUT2D eigenvalue weighted by molar-refractivity contribution is 7.10. The van der Waals surface area contributed by atoms with Crippen molar-refractivity contribution < 1.29 is 0 Å². The zero-order chi connectivity index (χ0) is 8.27. The summed E-state index contributed by atoms with van der Waals surface area (Å²) in [4.78, 5) is 1.44. The molecule has 0 fully saturated rings. The molecule has 0 aromatic carbocycles. The molecule has 1 nitrogen and oxygen atoms in total. The predicted molar refractivity (Wildman–Crippen MR) is 51.1 cm³/mol. The fourth-order valence-corrected chi connectivity index (χ4v) is 2.10. The van der Waals surface area contributed by atoms with Crippen LogP contribution in [-0.4, -0.2) is 7.05 Å². The summed E-state index contributed by atoms with van der Waals surface area (Å²) in [6.07, 6.45) is 1.16. The van der Waals surface area contributed by atoms with Gasteiger partial charge in [-0.3, -0.25) is 0 Å². The summed E-state index contributed by atoms with van der Waals surface area (Å²) < 4.78 is 0. The molecule has 0 aliphatic carbocycles. The van der Waals surface area contributed by atoms with Crippen molar-refractivity contribution in [2.75, 3.05) is 7.05 Å². The van der Waals surface area contributed by atoms with Crippen LogP contribution in [0.15, 0.2) is 11.4 Å². The molecule has 0 aliphatic rings. The van der Waals surface area contributed by atoms with Crippen molar-refractivity contribution >= 4 is 11.3 Å². The first-order valence-electron chi connectivity index (χ1n) is 4.00. The molecule has 0 aliphatic heterocycles. The average Bonchev–Trinajstić information content (AvgIpc) is 2.40. The maximum atomic E-state index is 3.30. The number of rotatable bonds is 3. The standard InChI is InChI=1S/C9H15NS/c1-4-9(10-3)8-5-6-11-7(8)2/h5-6,9-10H,4H2,1-3H3. The van der Waals surface area contributed by atoms with E-state index in [1.165, 1.54) is 10.4 Å². The van der Waals surface area contributed by atoms with E-state index < -0.39 is 0 Å². The Kier molecular flexibility index (Phi) is 3.09. The lowest BCUT2D eigenvalue weighted by molar-refractivity contribution is 0.576. The highest BCUT2D eigenvalue weighted by Crippen LogP contribution is 2.23. The van der Waals surface area contributed by atoms with E-state index in [1.807, 2.05) is 18.4 Å². The van der Waals surface area contributed by atoms with Crippen LogP contribution in [0.4, 0.5) is 0 Å². The molecular formula is C9H15NS. The maximum absolute atomic E-state index is 3.30. The summed E-state index contributed by atoms with van der Waals surface area (Å²) in [6, 6.07) is 2.76. The molecule has 1 atom stereocenters. The monoisotopic (exact) mass is 169 g/mol. The Labute approximate surface area is 72.4 Å². The SMILES string of the molecule is CCC(NC)c1ccsc1C. The Morgan fingerprint density at radius 3 is 2.73 bits per heavy atom. The lowest BCUT2D eigenvalue weighted by atomic mass is 10.1. The molecule has 0 saturated carbocycles.